The number of nitrogens with one attached hydrogen (secondary N) is 2. The molecule has 0 spiro atoms. The van der Waals surface area contributed by atoms with Crippen molar-refractivity contribution in [3.63, 3.8) is 0 Å². The van der Waals surface area contributed by atoms with E-state index in [1.165, 1.54) is 35.1 Å². The third kappa shape index (κ3) is 5.05. The first-order chi connectivity index (χ1) is 13.6. The van der Waals surface area contributed by atoms with Crippen molar-refractivity contribution in [1.29, 1.82) is 0 Å². The van der Waals surface area contributed by atoms with Gasteiger partial charge in [0.2, 0.25) is 0 Å². The number of ether oxygens (including phenoxy) is 1. The molecule has 1 aliphatic rings. The minimum atomic E-state index is -0.499. The largest absolute Gasteiger partial charge is 0.383 e. The maximum atomic E-state index is 12.6. The van der Waals surface area contributed by atoms with Crippen molar-refractivity contribution in [2.24, 2.45) is 0 Å². The Hall–Kier alpha value is -2.52. The summed E-state index contributed by atoms with van der Waals surface area (Å²) < 4.78 is 4.94. The van der Waals surface area contributed by atoms with Crippen LogP contribution in [0.3, 0.4) is 0 Å². The van der Waals surface area contributed by atoms with Crippen LogP contribution in [0.5, 0.6) is 0 Å². The molecule has 2 aromatic rings. The van der Waals surface area contributed by atoms with Gasteiger partial charge in [-0.05, 0) is 37.8 Å². The number of amides is 1. The molecule has 0 radical (unpaired) electrons. The highest BCUT2D eigenvalue weighted by Crippen LogP contribution is 2.30. The van der Waals surface area contributed by atoms with E-state index in [0.717, 1.165) is 31.4 Å². The van der Waals surface area contributed by atoms with E-state index in [2.05, 4.69) is 15.6 Å². The fourth-order valence-electron chi connectivity index (χ4n) is 3.19. The number of aryl methyl sites for hydroxylation is 2. The molecule has 0 saturated carbocycles. The Kier molecular flexibility index (Phi) is 6.94. The number of nitro benzene ring substituents is 1. The molecule has 0 aliphatic heterocycles. The van der Waals surface area contributed by atoms with E-state index in [0.29, 0.717) is 24.0 Å². The number of hydrogen-bond acceptors (Lipinski definition) is 7. The molecular weight excluding hydrogens is 380 g/mol. The molecule has 0 unspecified atom stereocenters. The number of aromatic nitrogens is 1. The van der Waals surface area contributed by atoms with Crippen molar-refractivity contribution >= 4 is 33.8 Å². The maximum absolute atomic E-state index is 12.6. The predicted octanol–water partition coefficient (Wildman–Crippen LogP) is 4.02. The molecule has 3 rings (SSSR count). The quantitative estimate of drug-likeness (QED) is 0.410. The Bertz CT molecular complexity index is 827. The van der Waals surface area contributed by atoms with Gasteiger partial charge in [0.05, 0.1) is 17.2 Å². The van der Waals surface area contributed by atoms with Gasteiger partial charge in [-0.3, -0.25) is 20.2 Å². The molecule has 0 atom stereocenters. The molecule has 0 bridgehead atoms. The van der Waals surface area contributed by atoms with Gasteiger partial charge in [-0.2, -0.15) is 0 Å². The number of benzene rings is 1. The van der Waals surface area contributed by atoms with Crippen LogP contribution in [-0.2, 0) is 17.6 Å². The number of anilines is 2. The van der Waals surface area contributed by atoms with Crippen LogP contribution >= 0.6 is 11.3 Å². The Morgan fingerprint density at radius 1 is 1.29 bits per heavy atom. The summed E-state index contributed by atoms with van der Waals surface area (Å²) in [4.78, 5) is 29.3. The van der Waals surface area contributed by atoms with Gasteiger partial charge < -0.3 is 10.1 Å². The highest BCUT2D eigenvalue weighted by Gasteiger charge is 2.19. The first-order valence-electron chi connectivity index (χ1n) is 9.39. The number of hydrogen-bond donors (Lipinski definition) is 2. The SMILES string of the molecule is COCCNc1ccc(C(=O)Nc2nc3c(s2)CCCCCC3)cc1[N+](=O)[O-]. The second kappa shape index (κ2) is 9.61. The monoisotopic (exact) mass is 404 g/mol. The highest BCUT2D eigenvalue weighted by molar-refractivity contribution is 7.15. The number of nitrogens with zero attached hydrogens (tertiary/aromatic N) is 2. The van der Waals surface area contributed by atoms with Crippen LogP contribution in [0.25, 0.3) is 0 Å². The lowest BCUT2D eigenvalue weighted by atomic mass is 10.0. The van der Waals surface area contributed by atoms with Gasteiger partial charge in [0, 0.05) is 30.2 Å². The minimum Gasteiger partial charge on any atom is -0.383 e. The maximum Gasteiger partial charge on any atom is 0.293 e. The summed E-state index contributed by atoms with van der Waals surface area (Å²) in [6, 6.07) is 4.40. The molecule has 1 heterocycles. The van der Waals surface area contributed by atoms with Gasteiger partial charge in [0.25, 0.3) is 11.6 Å². The zero-order valence-electron chi connectivity index (χ0n) is 15.8. The van der Waals surface area contributed by atoms with E-state index in [1.807, 2.05) is 0 Å². The topological polar surface area (TPSA) is 106 Å². The van der Waals surface area contributed by atoms with Crippen molar-refractivity contribution in [2.75, 3.05) is 30.9 Å². The van der Waals surface area contributed by atoms with Gasteiger partial charge in [-0.15, -0.1) is 11.3 Å². The van der Waals surface area contributed by atoms with Gasteiger partial charge in [0.15, 0.2) is 5.13 Å². The standard InChI is InChI=1S/C19H24N4O4S/c1-27-11-10-20-14-9-8-13(12-16(14)23(25)26)18(24)22-19-21-15-6-4-2-3-5-7-17(15)28-19/h8-9,12,20H,2-7,10-11H2,1H3,(H,21,22,24). The molecule has 0 saturated heterocycles. The summed E-state index contributed by atoms with van der Waals surface area (Å²) in [5, 5.41) is 17.7. The van der Waals surface area contributed by atoms with Crippen LogP contribution in [0.2, 0.25) is 0 Å². The first kappa shape index (κ1) is 20.2. The lowest BCUT2D eigenvalue weighted by molar-refractivity contribution is -0.384. The number of nitro groups is 1. The molecule has 28 heavy (non-hydrogen) atoms. The number of carbonyl (C=O) groups excluding carboxylic acids is 1. The Balaban J connectivity index is 1.74. The zero-order valence-corrected chi connectivity index (χ0v) is 16.6. The summed E-state index contributed by atoms with van der Waals surface area (Å²) in [5.41, 5.74) is 1.52. The third-order valence-electron chi connectivity index (χ3n) is 4.64. The lowest BCUT2D eigenvalue weighted by Crippen LogP contribution is -2.13. The van der Waals surface area contributed by atoms with E-state index in [4.69, 9.17) is 4.74 Å². The molecule has 2 N–H and O–H groups in total. The summed E-state index contributed by atoms with van der Waals surface area (Å²) in [6.07, 6.45) is 6.64. The van der Waals surface area contributed by atoms with Gasteiger partial charge in [-0.25, -0.2) is 4.98 Å². The van der Waals surface area contributed by atoms with E-state index in [1.54, 1.807) is 19.2 Å². The van der Waals surface area contributed by atoms with Gasteiger partial charge in [-0.1, -0.05) is 12.8 Å². The molecule has 1 amide bonds. The Morgan fingerprint density at radius 2 is 2.07 bits per heavy atom. The van der Waals surface area contributed by atoms with Crippen molar-refractivity contribution in [3.8, 4) is 0 Å². The number of rotatable bonds is 7. The molecule has 0 fully saturated rings. The summed E-state index contributed by atoms with van der Waals surface area (Å²) in [5.74, 6) is -0.395. The van der Waals surface area contributed by atoms with Crippen LogP contribution in [0.4, 0.5) is 16.5 Å². The third-order valence-corrected chi connectivity index (χ3v) is 5.72. The van der Waals surface area contributed by atoms with Crippen LogP contribution in [0.1, 0.15) is 46.6 Å². The second-order valence-electron chi connectivity index (χ2n) is 6.67. The average Bonchev–Trinajstić information content (AvgIpc) is 3.02. The Labute approximate surface area is 167 Å². The van der Waals surface area contributed by atoms with Crippen LogP contribution in [-0.4, -0.2) is 36.1 Å². The number of methoxy groups -OCH3 is 1. The van der Waals surface area contributed by atoms with Gasteiger partial charge in [0.1, 0.15) is 5.69 Å². The highest BCUT2D eigenvalue weighted by atomic mass is 32.1. The molecule has 150 valence electrons. The normalized spacial score (nSPS) is 13.9. The molecule has 1 aliphatic carbocycles. The van der Waals surface area contributed by atoms with Crippen molar-refractivity contribution in [1.82, 2.24) is 4.98 Å². The summed E-state index contributed by atoms with van der Waals surface area (Å²) in [6.45, 7) is 0.863. The van der Waals surface area contributed by atoms with E-state index in [9.17, 15) is 14.9 Å². The molecule has 9 heteroatoms. The van der Waals surface area contributed by atoms with Crippen molar-refractivity contribution < 1.29 is 14.5 Å². The molecular formula is C19H24N4O4S. The minimum absolute atomic E-state index is 0.143. The lowest BCUT2D eigenvalue weighted by Gasteiger charge is -2.08. The fraction of sp³-hybridized carbons (Fsp3) is 0.474. The van der Waals surface area contributed by atoms with E-state index >= 15 is 0 Å². The van der Waals surface area contributed by atoms with Gasteiger partial charge >= 0.3 is 0 Å². The van der Waals surface area contributed by atoms with E-state index in [-0.39, 0.29) is 11.3 Å². The number of carbonyl (C=O) groups is 1. The van der Waals surface area contributed by atoms with Crippen molar-refractivity contribution in [2.45, 2.75) is 38.5 Å². The zero-order chi connectivity index (χ0) is 19.9. The fourth-order valence-corrected chi connectivity index (χ4v) is 4.23. The number of fused-ring (bicyclic) bond motifs is 1. The summed E-state index contributed by atoms with van der Waals surface area (Å²) >= 11 is 1.50. The molecule has 1 aromatic carbocycles. The van der Waals surface area contributed by atoms with Crippen LogP contribution in [0, 0.1) is 10.1 Å². The number of thiazole rings is 1. The summed E-state index contributed by atoms with van der Waals surface area (Å²) in [7, 11) is 1.56. The van der Waals surface area contributed by atoms with Crippen LogP contribution in [0.15, 0.2) is 18.2 Å². The van der Waals surface area contributed by atoms with Crippen LogP contribution < -0.4 is 10.6 Å². The predicted molar refractivity (Wildman–Crippen MR) is 109 cm³/mol. The molecule has 1 aromatic heterocycles. The average molecular weight is 404 g/mol. The second-order valence-corrected chi connectivity index (χ2v) is 7.75. The van der Waals surface area contributed by atoms with E-state index < -0.39 is 10.8 Å². The molecule has 8 nitrogen and oxygen atoms in total. The first-order valence-corrected chi connectivity index (χ1v) is 10.2. The van der Waals surface area contributed by atoms with Crippen molar-refractivity contribution in [3.05, 3.63) is 44.4 Å². The Morgan fingerprint density at radius 3 is 2.82 bits per heavy atom. The smallest absolute Gasteiger partial charge is 0.293 e.